The van der Waals surface area contributed by atoms with Crippen molar-refractivity contribution >= 4 is 29.3 Å². The molecule has 0 aliphatic carbocycles. The summed E-state index contributed by atoms with van der Waals surface area (Å²) in [5.74, 6) is 2.86. The number of hydrogen-bond donors (Lipinski definition) is 1. The fourth-order valence-electron chi connectivity index (χ4n) is 1.46. The number of carbonyl (C=O) groups is 1. The third kappa shape index (κ3) is 4.09. The van der Waals surface area contributed by atoms with Gasteiger partial charge in [0.1, 0.15) is 0 Å². The summed E-state index contributed by atoms with van der Waals surface area (Å²) < 4.78 is 0. The SMILES string of the molecule is CC(CCl)C(=O)NC1CCCSCC1. The van der Waals surface area contributed by atoms with Gasteiger partial charge < -0.3 is 5.32 Å². The smallest absolute Gasteiger partial charge is 0.224 e. The van der Waals surface area contributed by atoms with Gasteiger partial charge in [0.25, 0.3) is 0 Å². The van der Waals surface area contributed by atoms with Gasteiger partial charge in [-0.2, -0.15) is 11.8 Å². The van der Waals surface area contributed by atoms with Crippen molar-refractivity contribution in [1.29, 1.82) is 0 Å². The van der Waals surface area contributed by atoms with Crippen molar-refractivity contribution in [3.05, 3.63) is 0 Å². The number of halogens is 1. The number of rotatable bonds is 3. The number of carbonyl (C=O) groups excluding carboxylic acids is 1. The van der Waals surface area contributed by atoms with Gasteiger partial charge in [-0.1, -0.05) is 6.92 Å². The van der Waals surface area contributed by atoms with Crippen molar-refractivity contribution in [1.82, 2.24) is 5.32 Å². The first-order valence-electron chi connectivity index (χ1n) is 5.18. The Morgan fingerprint density at radius 3 is 3.07 bits per heavy atom. The van der Waals surface area contributed by atoms with Crippen LogP contribution in [0.2, 0.25) is 0 Å². The first-order chi connectivity index (χ1) is 6.74. The molecule has 1 saturated heterocycles. The molecule has 2 atom stereocenters. The highest BCUT2D eigenvalue weighted by atomic mass is 35.5. The normalized spacial score (nSPS) is 25.1. The minimum atomic E-state index is -0.0624. The molecule has 0 bridgehead atoms. The molecule has 4 heteroatoms. The summed E-state index contributed by atoms with van der Waals surface area (Å²) in [5, 5.41) is 3.07. The summed E-state index contributed by atoms with van der Waals surface area (Å²) in [4.78, 5) is 11.6. The molecule has 0 spiro atoms. The van der Waals surface area contributed by atoms with E-state index in [0.717, 1.165) is 12.8 Å². The molecule has 1 amide bonds. The lowest BCUT2D eigenvalue weighted by molar-refractivity contribution is -0.124. The Morgan fingerprint density at radius 2 is 2.36 bits per heavy atom. The van der Waals surface area contributed by atoms with Crippen LogP contribution in [0.25, 0.3) is 0 Å². The summed E-state index contributed by atoms with van der Waals surface area (Å²) in [5.41, 5.74) is 0. The first-order valence-corrected chi connectivity index (χ1v) is 6.87. The molecule has 14 heavy (non-hydrogen) atoms. The second-order valence-electron chi connectivity index (χ2n) is 3.80. The second-order valence-corrected chi connectivity index (χ2v) is 5.34. The molecule has 1 aliphatic rings. The number of amides is 1. The zero-order valence-corrected chi connectivity index (χ0v) is 10.2. The Kier molecular flexibility index (Phi) is 5.71. The van der Waals surface area contributed by atoms with E-state index in [1.54, 1.807) is 0 Å². The fraction of sp³-hybridized carbons (Fsp3) is 0.900. The minimum absolute atomic E-state index is 0.0624. The maximum atomic E-state index is 11.6. The molecule has 1 fully saturated rings. The van der Waals surface area contributed by atoms with Crippen LogP contribution in [-0.4, -0.2) is 29.3 Å². The highest BCUT2D eigenvalue weighted by Gasteiger charge is 2.17. The van der Waals surface area contributed by atoms with Gasteiger partial charge in [-0.05, 0) is 30.8 Å². The summed E-state index contributed by atoms with van der Waals surface area (Å²) >= 11 is 7.62. The van der Waals surface area contributed by atoms with Gasteiger partial charge in [0, 0.05) is 17.8 Å². The topological polar surface area (TPSA) is 29.1 Å². The van der Waals surface area contributed by atoms with E-state index >= 15 is 0 Å². The van der Waals surface area contributed by atoms with Gasteiger partial charge in [0.2, 0.25) is 5.91 Å². The predicted molar refractivity (Wildman–Crippen MR) is 63.0 cm³/mol. The maximum Gasteiger partial charge on any atom is 0.224 e. The highest BCUT2D eigenvalue weighted by Crippen LogP contribution is 2.17. The van der Waals surface area contributed by atoms with E-state index in [4.69, 9.17) is 11.6 Å². The lowest BCUT2D eigenvalue weighted by Gasteiger charge is -2.18. The molecule has 1 rings (SSSR count). The molecule has 0 radical (unpaired) electrons. The molecule has 0 aromatic heterocycles. The third-order valence-corrected chi connectivity index (χ3v) is 4.04. The van der Waals surface area contributed by atoms with Crippen molar-refractivity contribution < 1.29 is 4.79 Å². The van der Waals surface area contributed by atoms with Gasteiger partial charge in [-0.25, -0.2) is 0 Å². The van der Waals surface area contributed by atoms with Crippen LogP contribution >= 0.6 is 23.4 Å². The molecule has 82 valence electrons. The molecule has 2 unspecified atom stereocenters. The van der Waals surface area contributed by atoms with E-state index in [1.807, 2.05) is 18.7 Å². The van der Waals surface area contributed by atoms with Crippen molar-refractivity contribution in [3.8, 4) is 0 Å². The van der Waals surface area contributed by atoms with Crippen LogP contribution in [0.4, 0.5) is 0 Å². The first kappa shape index (κ1) is 12.2. The predicted octanol–water partition coefficient (Wildman–Crippen LogP) is 2.26. The van der Waals surface area contributed by atoms with E-state index in [2.05, 4.69) is 5.32 Å². The van der Waals surface area contributed by atoms with Crippen LogP contribution in [-0.2, 0) is 4.79 Å². The Morgan fingerprint density at radius 1 is 1.57 bits per heavy atom. The molecule has 0 aromatic carbocycles. The fourth-order valence-corrected chi connectivity index (χ4v) is 2.63. The number of nitrogens with one attached hydrogen (secondary N) is 1. The average Bonchev–Trinajstić information content (AvgIpc) is 2.45. The number of thioether (sulfide) groups is 1. The van der Waals surface area contributed by atoms with Crippen LogP contribution in [0.15, 0.2) is 0 Å². The number of hydrogen-bond acceptors (Lipinski definition) is 2. The maximum absolute atomic E-state index is 11.6. The Balaban J connectivity index is 2.30. The molecule has 0 saturated carbocycles. The standard InChI is InChI=1S/C10H18ClNOS/c1-8(7-11)10(13)12-9-3-2-5-14-6-4-9/h8-9H,2-7H2,1H3,(H,12,13). The Hall–Kier alpha value is 0.110. The summed E-state index contributed by atoms with van der Waals surface area (Å²) in [7, 11) is 0. The zero-order valence-electron chi connectivity index (χ0n) is 8.59. The molecular weight excluding hydrogens is 218 g/mol. The summed E-state index contributed by atoms with van der Waals surface area (Å²) in [6, 6.07) is 0.378. The molecule has 1 heterocycles. The van der Waals surface area contributed by atoms with Gasteiger partial charge in [-0.15, -0.1) is 11.6 Å². The van der Waals surface area contributed by atoms with E-state index in [-0.39, 0.29) is 11.8 Å². The van der Waals surface area contributed by atoms with Crippen LogP contribution in [0.1, 0.15) is 26.2 Å². The van der Waals surface area contributed by atoms with Crippen LogP contribution in [0.5, 0.6) is 0 Å². The number of alkyl halides is 1. The Labute approximate surface area is 95.2 Å². The van der Waals surface area contributed by atoms with Gasteiger partial charge >= 0.3 is 0 Å². The highest BCUT2D eigenvalue weighted by molar-refractivity contribution is 7.99. The minimum Gasteiger partial charge on any atom is -0.353 e. The van der Waals surface area contributed by atoms with Crippen LogP contribution < -0.4 is 5.32 Å². The molecular formula is C10H18ClNOS. The van der Waals surface area contributed by atoms with Gasteiger partial charge in [-0.3, -0.25) is 4.79 Å². The molecule has 2 nitrogen and oxygen atoms in total. The van der Waals surface area contributed by atoms with Crippen molar-refractivity contribution in [2.75, 3.05) is 17.4 Å². The lowest BCUT2D eigenvalue weighted by atomic mass is 10.1. The van der Waals surface area contributed by atoms with E-state index in [1.165, 1.54) is 17.9 Å². The van der Waals surface area contributed by atoms with Gasteiger partial charge in [0.05, 0.1) is 0 Å². The Bertz CT molecular complexity index is 181. The quantitative estimate of drug-likeness (QED) is 0.761. The van der Waals surface area contributed by atoms with Crippen LogP contribution in [0.3, 0.4) is 0 Å². The third-order valence-electron chi connectivity index (χ3n) is 2.48. The largest absolute Gasteiger partial charge is 0.353 e. The summed E-state index contributed by atoms with van der Waals surface area (Å²) in [6.45, 7) is 1.87. The van der Waals surface area contributed by atoms with Gasteiger partial charge in [0.15, 0.2) is 0 Å². The molecule has 0 aromatic rings. The van der Waals surface area contributed by atoms with Crippen molar-refractivity contribution in [2.24, 2.45) is 5.92 Å². The molecule has 1 aliphatic heterocycles. The second kappa shape index (κ2) is 6.57. The van der Waals surface area contributed by atoms with Crippen LogP contribution in [0, 0.1) is 5.92 Å². The summed E-state index contributed by atoms with van der Waals surface area (Å²) in [6.07, 6.45) is 3.43. The van der Waals surface area contributed by atoms with E-state index in [9.17, 15) is 4.79 Å². The van der Waals surface area contributed by atoms with E-state index < -0.39 is 0 Å². The monoisotopic (exact) mass is 235 g/mol. The average molecular weight is 236 g/mol. The van der Waals surface area contributed by atoms with Crippen molar-refractivity contribution in [2.45, 2.75) is 32.2 Å². The lowest BCUT2D eigenvalue weighted by Crippen LogP contribution is -2.38. The zero-order chi connectivity index (χ0) is 10.4. The molecule has 1 N–H and O–H groups in total. The van der Waals surface area contributed by atoms with E-state index in [0.29, 0.717) is 11.9 Å². The van der Waals surface area contributed by atoms with Crippen molar-refractivity contribution in [3.63, 3.8) is 0 Å².